The van der Waals surface area contributed by atoms with Gasteiger partial charge in [-0.2, -0.15) is 0 Å². The van der Waals surface area contributed by atoms with E-state index in [-0.39, 0.29) is 18.6 Å². The van der Waals surface area contributed by atoms with Crippen molar-refractivity contribution in [2.75, 3.05) is 17.7 Å². The van der Waals surface area contributed by atoms with Crippen molar-refractivity contribution in [3.8, 4) is 5.75 Å². The fourth-order valence-corrected chi connectivity index (χ4v) is 2.19. The average Bonchev–Trinajstić information content (AvgIpc) is 2.46. The maximum atomic E-state index is 11.3. The van der Waals surface area contributed by atoms with Crippen LogP contribution >= 0.6 is 0 Å². The molecule has 5 heteroatoms. The van der Waals surface area contributed by atoms with Gasteiger partial charge in [0.15, 0.2) is 6.61 Å². The molecule has 0 aliphatic carbocycles. The van der Waals surface area contributed by atoms with Crippen molar-refractivity contribution in [2.24, 2.45) is 5.73 Å². The lowest BCUT2D eigenvalue weighted by Crippen LogP contribution is -2.25. The SMILES string of the molecule is Nc1ccc(C(N)c2ccc3c(c2)NC(=O)CO3)cc1. The van der Waals surface area contributed by atoms with Crippen LogP contribution in [-0.4, -0.2) is 12.5 Å². The molecule has 5 N–H and O–H groups in total. The maximum Gasteiger partial charge on any atom is 0.262 e. The number of amides is 1. The molecule has 20 heavy (non-hydrogen) atoms. The molecule has 1 aliphatic rings. The van der Waals surface area contributed by atoms with E-state index in [1.165, 1.54) is 0 Å². The van der Waals surface area contributed by atoms with Crippen LogP contribution in [-0.2, 0) is 4.79 Å². The molecule has 1 amide bonds. The lowest BCUT2D eigenvalue weighted by Gasteiger charge is -2.20. The highest BCUT2D eigenvalue weighted by Gasteiger charge is 2.18. The second-order valence-electron chi connectivity index (χ2n) is 4.74. The molecule has 1 atom stereocenters. The molecule has 3 rings (SSSR count). The van der Waals surface area contributed by atoms with E-state index in [0.717, 1.165) is 11.1 Å². The number of anilines is 2. The van der Waals surface area contributed by atoms with Gasteiger partial charge in [0.25, 0.3) is 5.91 Å². The zero-order chi connectivity index (χ0) is 14.1. The molecule has 1 unspecified atom stereocenters. The summed E-state index contributed by atoms with van der Waals surface area (Å²) >= 11 is 0. The quantitative estimate of drug-likeness (QED) is 0.723. The Hall–Kier alpha value is -2.53. The fraction of sp³-hybridized carbons (Fsp3) is 0.133. The minimum atomic E-state index is -0.278. The van der Waals surface area contributed by atoms with Gasteiger partial charge in [-0.3, -0.25) is 4.79 Å². The number of ether oxygens (including phenoxy) is 1. The van der Waals surface area contributed by atoms with Gasteiger partial charge in [-0.25, -0.2) is 0 Å². The van der Waals surface area contributed by atoms with Crippen molar-refractivity contribution in [3.63, 3.8) is 0 Å². The van der Waals surface area contributed by atoms with Crippen LogP contribution in [0.4, 0.5) is 11.4 Å². The number of carbonyl (C=O) groups excluding carboxylic acids is 1. The van der Waals surface area contributed by atoms with Gasteiger partial charge in [-0.15, -0.1) is 0 Å². The van der Waals surface area contributed by atoms with Gasteiger partial charge in [0, 0.05) is 5.69 Å². The van der Waals surface area contributed by atoms with Crippen LogP contribution in [0.2, 0.25) is 0 Å². The Labute approximate surface area is 116 Å². The van der Waals surface area contributed by atoms with Crippen molar-refractivity contribution >= 4 is 17.3 Å². The minimum Gasteiger partial charge on any atom is -0.482 e. The summed E-state index contributed by atoms with van der Waals surface area (Å²) in [4.78, 5) is 11.3. The van der Waals surface area contributed by atoms with E-state index in [9.17, 15) is 4.79 Å². The number of carbonyl (C=O) groups is 1. The number of rotatable bonds is 2. The van der Waals surface area contributed by atoms with Crippen molar-refractivity contribution in [1.29, 1.82) is 0 Å². The Bertz CT molecular complexity index is 653. The number of nitrogens with one attached hydrogen (secondary N) is 1. The van der Waals surface area contributed by atoms with E-state index < -0.39 is 0 Å². The predicted molar refractivity (Wildman–Crippen MR) is 77.5 cm³/mol. The average molecular weight is 269 g/mol. The highest BCUT2D eigenvalue weighted by Crippen LogP contribution is 2.31. The van der Waals surface area contributed by atoms with E-state index >= 15 is 0 Å². The molecule has 0 fully saturated rings. The van der Waals surface area contributed by atoms with Gasteiger partial charge in [0.1, 0.15) is 5.75 Å². The first-order chi connectivity index (χ1) is 9.63. The molecule has 0 aromatic heterocycles. The number of nitrogens with two attached hydrogens (primary N) is 2. The van der Waals surface area contributed by atoms with E-state index in [0.29, 0.717) is 17.1 Å². The second-order valence-corrected chi connectivity index (χ2v) is 4.74. The first-order valence-corrected chi connectivity index (χ1v) is 6.31. The largest absolute Gasteiger partial charge is 0.482 e. The van der Waals surface area contributed by atoms with Gasteiger partial charge in [0.05, 0.1) is 11.7 Å². The number of nitrogen functional groups attached to an aromatic ring is 1. The zero-order valence-corrected chi connectivity index (χ0v) is 10.8. The number of benzene rings is 2. The number of fused-ring (bicyclic) bond motifs is 1. The number of hydrogen-bond acceptors (Lipinski definition) is 4. The molecular formula is C15H15N3O2. The summed E-state index contributed by atoms with van der Waals surface area (Å²) in [6.45, 7) is 0.0519. The standard InChI is InChI=1S/C15H15N3O2/c16-11-4-1-9(2-5-11)15(17)10-3-6-13-12(7-10)18-14(19)8-20-13/h1-7,15H,8,16-17H2,(H,18,19). The Morgan fingerprint density at radius 1 is 1.10 bits per heavy atom. The Kier molecular flexibility index (Phi) is 3.04. The highest BCUT2D eigenvalue weighted by atomic mass is 16.5. The maximum absolute atomic E-state index is 11.3. The zero-order valence-electron chi connectivity index (χ0n) is 10.8. The normalized spacial score (nSPS) is 14.9. The van der Waals surface area contributed by atoms with Crippen LogP contribution in [0, 0.1) is 0 Å². The Balaban J connectivity index is 1.92. The van der Waals surface area contributed by atoms with Gasteiger partial charge in [0.2, 0.25) is 0 Å². The van der Waals surface area contributed by atoms with Gasteiger partial charge >= 0.3 is 0 Å². The van der Waals surface area contributed by atoms with E-state index in [1.54, 1.807) is 0 Å². The lowest BCUT2D eigenvalue weighted by atomic mass is 9.98. The topological polar surface area (TPSA) is 90.4 Å². The van der Waals surface area contributed by atoms with E-state index in [1.807, 2.05) is 42.5 Å². The molecular weight excluding hydrogens is 254 g/mol. The van der Waals surface area contributed by atoms with Crippen LogP contribution in [0.1, 0.15) is 17.2 Å². The molecule has 1 aliphatic heterocycles. The molecule has 0 saturated carbocycles. The summed E-state index contributed by atoms with van der Waals surface area (Å²) in [6, 6.07) is 12.7. The molecule has 5 nitrogen and oxygen atoms in total. The lowest BCUT2D eigenvalue weighted by molar-refractivity contribution is -0.118. The van der Waals surface area contributed by atoms with Crippen LogP contribution in [0.15, 0.2) is 42.5 Å². The molecule has 102 valence electrons. The van der Waals surface area contributed by atoms with Crippen molar-refractivity contribution < 1.29 is 9.53 Å². The van der Waals surface area contributed by atoms with Crippen molar-refractivity contribution in [2.45, 2.75) is 6.04 Å². The monoisotopic (exact) mass is 269 g/mol. The Morgan fingerprint density at radius 3 is 2.55 bits per heavy atom. The van der Waals surface area contributed by atoms with E-state index in [4.69, 9.17) is 16.2 Å². The molecule has 0 spiro atoms. The fourth-order valence-electron chi connectivity index (χ4n) is 2.19. The van der Waals surface area contributed by atoms with Gasteiger partial charge in [-0.1, -0.05) is 18.2 Å². The predicted octanol–water partition coefficient (Wildman–Crippen LogP) is 1.65. The second kappa shape index (κ2) is 4.86. The third-order valence-corrected chi connectivity index (χ3v) is 3.29. The summed E-state index contributed by atoms with van der Waals surface area (Å²) < 4.78 is 5.32. The third-order valence-electron chi connectivity index (χ3n) is 3.29. The number of hydrogen-bond donors (Lipinski definition) is 3. The van der Waals surface area contributed by atoms with Crippen LogP contribution in [0.3, 0.4) is 0 Å². The first-order valence-electron chi connectivity index (χ1n) is 6.31. The summed E-state index contributed by atoms with van der Waals surface area (Å²) in [5.41, 5.74) is 15.1. The smallest absolute Gasteiger partial charge is 0.262 e. The van der Waals surface area contributed by atoms with Crippen LogP contribution in [0.25, 0.3) is 0 Å². The summed E-state index contributed by atoms with van der Waals surface area (Å²) in [6.07, 6.45) is 0. The Morgan fingerprint density at radius 2 is 1.80 bits per heavy atom. The third kappa shape index (κ3) is 2.31. The van der Waals surface area contributed by atoms with Crippen LogP contribution in [0.5, 0.6) is 5.75 Å². The summed E-state index contributed by atoms with van der Waals surface area (Å²) in [5, 5.41) is 2.78. The minimum absolute atomic E-state index is 0.0519. The van der Waals surface area contributed by atoms with Crippen molar-refractivity contribution in [1.82, 2.24) is 0 Å². The van der Waals surface area contributed by atoms with Gasteiger partial charge < -0.3 is 21.5 Å². The molecule has 0 saturated heterocycles. The molecule has 1 heterocycles. The summed E-state index contributed by atoms with van der Waals surface area (Å²) in [7, 11) is 0. The molecule has 0 radical (unpaired) electrons. The molecule has 2 aromatic carbocycles. The molecule has 0 bridgehead atoms. The molecule has 2 aromatic rings. The highest BCUT2D eigenvalue weighted by molar-refractivity contribution is 5.95. The van der Waals surface area contributed by atoms with Gasteiger partial charge in [-0.05, 0) is 35.4 Å². The first kappa shape index (κ1) is 12.5. The van der Waals surface area contributed by atoms with Crippen molar-refractivity contribution in [3.05, 3.63) is 53.6 Å². The van der Waals surface area contributed by atoms with E-state index in [2.05, 4.69) is 5.32 Å². The van der Waals surface area contributed by atoms with Crippen LogP contribution < -0.4 is 21.5 Å². The summed E-state index contributed by atoms with van der Waals surface area (Å²) in [5.74, 6) is 0.508.